The highest BCUT2D eigenvalue weighted by Gasteiger charge is 2.25. The monoisotopic (exact) mass is 258 g/mol. The van der Waals surface area contributed by atoms with Crippen LogP contribution in [0, 0.1) is 0 Å². The van der Waals surface area contributed by atoms with Gasteiger partial charge in [-0.25, -0.2) is 4.68 Å². The molecule has 0 bridgehead atoms. The lowest BCUT2D eigenvalue weighted by Gasteiger charge is -2.34. The molecule has 1 atom stereocenters. The summed E-state index contributed by atoms with van der Waals surface area (Å²) in [6, 6.07) is 6.95. The number of hydrogen-bond donors (Lipinski definition) is 0. The normalized spacial score (nSPS) is 18.4. The van der Waals surface area contributed by atoms with Gasteiger partial charge in [0.2, 0.25) is 0 Å². The van der Waals surface area contributed by atoms with Crippen molar-refractivity contribution in [3.05, 3.63) is 23.8 Å². The molecule has 0 saturated carbocycles. The number of benzene rings is 1. The molecule has 1 aromatic carbocycles. The minimum Gasteiger partial charge on any atom is -0.298 e. The summed E-state index contributed by atoms with van der Waals surface area (Å²) in [5.74, 6) is 0. The molecule has 102 valence electrons. The zero-order valence-electron chi connectivity index (χ0n) is 11.8. The minimum atomic E-state index is 0.569. The third-order valence-corrected chi connectivity index (χ3v) is 3.99. The van der Waals surface area contributed by atoms with Gasteiger partial charge in [-0.15, -0.1) is 5.10 Å². The Morgan fingerprint density at radius 1 is 1.26 bits per heavy atom. The predicted octanol–water partition coefficient (Wildman–Crippen LogP) is 2.48. The standard InChI is InChI=1S/C15H22N4/c1-3-8-18(9-4-2)13-10-12-6-5-7-14-15(12)19(11-13)17-16-14/h5-7,13H,3-4,8-11H2,1-2H3. The second-order valence-corrected chi connectivity index (χ2v) is 5.45. The largest absolute Gasteiger partial charge is 0.298 e. The third-order valence-electron chi connectivity index (χ3n) is 3.99. The van der Waals surface area contributed by atoms with Crippen LogP contribution in [0.4, 0.5) is 0 Å². The second-order valence-electron chi connectivity index (χ2n) is 5.45. The van der Waals surface area contributed by atoms with Crippen molar-refractivity contribution in [2.75, 3.05) is 13.1 Å². The van der Waals surface area contributed by atoms with Gasteiger partial charge in [-0.2, -0.15) is 0 Å². The van der Waals surface area contributed by atoms with Gasteiger partial charge >= 0.3 is 0 Å². The van der Waals surface area contributed by atoms with Gasteiger partial charge in [0.25, 0.3) is 0 Å². The summed E-state index contributed by atoms with van der Waals surface area (Å²) in [4.78, 5) is 2.61. The van der Waals surface area contributed by atoms with E-state index >= 15 is 0 Å². The topological polar surface area (TPSA) is 34.0 Å². The highest BCUT2D eigenvalue weighted by atomic mass is 15.4. The summed E-state index contributed by atoms with van der Waals surface area (Å²) < 4.78 is 2.09. The number of aromatic nitrogens is 3. The second kappa shape index (κ2) is 5.29. The van der Waals surface area contributed by atoms with E-state index < -0.39 is 0 Å². The number of rotatable bonds is 5. The highest BCUT2D eigenvalue weighted by molar-refractivity contribution is 5.78. The molecule has 2 heterocycles. The molecule has 19 heavy (non-hydrogen) atoms. The summed E-state index contributed by atoms with van der Waals surface area (Å²) in [5.41, 5.74) is 3.68. The Labute approximate surface area is 114 Å². The van der Waals surface area contributed by atoms with E-state index in [-0.39, 0.29) is 0 Å². The van der Waals surface area contributed by atoms with Crippen molar-refractivity contribution in [1.82, 2.24) is 19.9 Å². The predicted molar refractivity (Wildman–Crippen MR) is 77.2 cm³/mol. The van der Waals surface area contributed by atoms with E-state index in [9.17, 15) is 0 Å². The average Bonchev–Trinajstić information content (AvgIpc) is 2.84. The van der Waals surface area contributed by atoms with Gasteiger partial charge in [0.15, 0.2) is 0 Å². The fourth-order valence-corrected chi connectivity index (χ4v) is 3.21. The zero-order chi connectivity index (χ0) is 13.2. The molecule has 0 N–H and O–H groups in total. The molecule has 0 fully saturated rings. The zero-order valence-corrected chi connectivity index (χ0v) is 11.8. The Morgan fingerprint density at radius 3 is 2.79 bits per heavy atom. The third kappa shape index (κ3) is 2.25. The molecule has 0 amide bonds. The molecule has 0 saturated heterocycles. The Bertz CT molecular complexity index is 554. The number of hydrogen-bond acceptors (Lipinski definition) is 3. The van der Waals surface area contributed by atoms with Gasteiger partial charge in [-0.05, 0) is 44.0 Å². The van der Waals surface area contributed by atoms with Crippen molar-refractivity contribution in [3.8, 4) is 0 Å². The SMILES string of the molecule is CCCN(CCC)C1Cc2cccc3nnn(c23)C1. The van der Waals surface area contributed by atoms with Crippen molar-refractivity contribution in [2.24, 2.45) is 0 Å². The summed E-state index contributed by atoms with van der Waals surface area (Å²) >= 11 is 0. The first-order chi connectivity index (χ1) is 9.33. The molecule has 1 unspecified atom stereocenters. The van der Waals surface area contributed by atoms with E-state index in [4.69, 9.17) is 0 Å². The van der Waals surface area contributed by atoms with Crippen LogP contribution in [0.2, 0.25) is 0 Å². The molecule has 0 aliphatic carbocycles. The lowest BCUT2D eigenvalue weighted by molar-refractivity contribution is 0.169. The van der Waals surface area contributed by atoms with Gasteiger partial charge in [-0.3, -0.25) is 4.90 Å². The van der Waals surface area contributed by atoms with Crippen LogP contribution in [0.25, 0.3) is 11.0 Å². The fourth-order valence-electron chi connectivity index (χ4n) is 3.21. The Morgan fingerprint density at radius 2 is 2.05 bits per heavy atom. The summed E-state index contributed by atoms with van der Waals surface area (Å²) in [5, 5.41) is 8.59. The van der Waals surface area contributed by atoms with Crippen molar-refractivity contribution in [2.45, 2.75) is 45.7 Å². The van der Waals surface area contributed by atoms with E-state index in [2.05, 4.69) is 51.9 Å². The Hall–Kier alpha value is -1.42. The van der Waals surface area contributed by atoms with Crippen LogP contribution in [0.15, 0.2) is 18.2 Å². The number of nitrogens with zero attached hydrogens (tertiary/aromatic N) is 4. The van der Waals surface area contributed by atoms with Crippen LogP contribution in [0.1, 0.15) is 32.3 Å². The van der Waals surface area contributed by atoms with E-state index in [0.29, 0.717) is 6.04 Å². The summed E-state index contributed by atoms with van der Waals surface area (Å²) in [6.07, 6.45) is 3.56. The molecule has 1 aromatic heterocycles. The lowest BCUT2D eigenvalue weighted by Crippen LogP contribution is -2.42. The summed E-state index contributed by atoms with van der Waals surface area (Å²) in [7, 11) is 0. The van der Waals surface area contributed by atoms with Crippen molar-refractivity contribution < 1.29 is 0 Å². The maximum atomic E-state index is 4.32. The molecule has 4 nitrogen and oxygen atoms in total. The van der Waals surface area contributed by atoms with Crippen molar-refractivity contribution >= 4 is 11.0 Å². The van der Waals surface area contributed by atoms with Gasteiger partial charge < -0.3 is 0 Å². The van der Waals surface area contributed by atoms with Crippen LogP contribution < -0.4 is 0 Å². The van der Waals surface area contributed by atoms with E-state index in [1.54, 1.807) is 0 Å². The smallest absolute Gasteiger partial charge is 0.113 e. The Balaban J connectivity index is 1.89. The molecule has 0 spiro atoms. The van der Waals surface area contributed by atoms with Gasteiger partial charge in [0.1, 0.15) is 5.52 Å². The molecule has 2 aromatic rings. The van der Waals surface area contributed by atoms with E-state index in [0.717, 1.165) is 18.5 Å². The van der Waals surface area contributed by atoms with Crippen LogP contribution in [-0.2, 0) is 13.0 Å². The molecule has 1 aliphatic rings. The molecule has 3 rings (SSSR count). The Kier molecular flexibility index (Phi) is 3.51. The molecule has 0 radical (unpaired) electrons. The maximum Gasteiger partial charge on any atom is 0.113 e. The molecule has 1 aliphatic heterocycles. The van der Waals surface area contributed by atoms with Crippen molar-refractivity contribution in [1.29, 1.82) is 0 Å². The first-order valence-corrected chi connectivity index (χ1v) is 7.38. The van der Waals surface area contributed by atoms with Crippen molar-refractivity contribution in [3.63, 3.8) is 0 Å². The van der Waals surface area contributed by atoms with Gasteiger partial charge in [0.05, 0.1) is 12.1 Å². The van der Waals surface area contributed by atoms with Crippen LogP contribution in [-0.4, -0.2) is 39.0 Å². The maximum absolute atomic E-state index is 4.32. The average molecular weight is 258 g/mol. The lowest BCUT2D eigenvalue weighted by atomic mass is 9.99. The van der Waals surface area contributed by atoms with Gasteiger partial charge in [0, 0.05) is 6.04 Å². The van der Waals surface area contributed by atoms with Crippen LogP contribution in [0.3, 0.4) is 0 Å². The fraction of sp³-hybridized carbons (Fsp3) is 0.600. The van der Waals surface area contributed by atoms with E-state index in [1.807, 2.05) is 0 Å². The van der Waals surface area contributed by atoms with Crippen LogP contribution >= 0.6 is 0 Å². The summed E-state index contributed by atoms with van der Waals surface area (Å²) in [6.45, 7) is 7.85. The number of para-hydroxylation sites is 1. The molecular weight excluding hydrogens is 236 g/mol. The molecule has 4 heteroatoms. The quantitative estimate of drug-likeness (QED) is 0.826. The first-order valence-electron chi connectivity index (χ1n) is 7.38. The van der Waals surface area contributed by atoms with E-state index in [1.165, 1.54) is 37.0 Å². The van der Waals surface area contributed by atoms with Crippen LogP contribution in [0.5, 0.6) is 0 Å². The highest BCUT2D eigenvalue weighted by Crippen LogP contribution is 2.25. The first kappa shape index (κ1) is 12.6. The molecular formula is C15H22N4. The minimum absolute atomic E-state index is 0.569. The van der Waals surface area contributed by atoms with Gasteiger partial charge in [-0.1, -0.05) is 31.2 Å².